The number of Topliss-reactive ketones (excluding diaryl/α,β-unsaturated/α-hetero) is 1. The van der Waals surface area contributed by atoms with Crippen molar-refractivity contribution >= 4 is 23.3 Å². The Bertz CT molecular complexity index is 581. The maximum atomic E-state index is 11.8. The lowest BCUT2D eigenvalue weighted by atomic mass is 10.0. The first-order valence-electron chi connectivity index (χ1n) is 5.68. The summed E-state index contributed by atoms with van der Waals surface area (Å²) >= 11 is 0. The van der Waals surface area contributed by atoms with E-state index in [2.05, 4.69) is 5.32 Å². The van der Waals surface area contributed by atoms with Crippen molar-refractivity contribution in [3.63, 3.8) is 0 Å². The van der Waals surface area contributed by atoms with Gasteiger partial charge in [-0.1, -0.05) is 6.07 Å². The van der Waals surface area contributed by atoms with Crippen LogP contribution in [-0.4, -0.2) is 34.2 Å². The van der Waals surface area contributed by atoms with Gasteiger partial charge in [0.15, 0.2) is 0 Å². The van der Waals surface area contributed by atoms with Gasteiger partial charge in [-0.25, -0.2) is 0 Å². The van der Waals surface area contributed by atoms with Gasteiger partial charge in [0, 0.05) is 12.6 Å². The van der Waals surface area contributed by atoms with Gasteiger partial charge in [-0.2, -0.15) is 0 Å². The number of carbonyl (C=O) groups is 3. The molecule has 0 aliphatic carbocycles. The number of nitrogens with one attached hydrogen (secondary N) is 1. The second-order valence-corrected chi connectivity index (χ2v) is 3.87. The number of ketones is 1. The fraction of sp³-hybridized carbons (Fsp3) is 0.250. The van der Waals surface area contributed by atoms with Gasteiger partial charge in [0.1, 0.15) is 5.56 Å². The maximum Gasteiger partial charge on any atom is 0.307 e. The molecule has 106 valence electrons. The Morgan fingerprint density at radius 3 is 2.50 bits per heavy atom. The number of likely N-dealkylation sites (N-methyl/N-ethyl adjacent to an activating group) is 1. The molecule has 1 amide bonds. The molecule has 0 radical (unpaired) electrons. The number of carboxylic acids is 1. The summed E-state index contributed by atoms with van der Waals surface area (Å²) in [7, 11) is 0. The monoisotopic (exact) mass is 280 g/mol. The molecular weight excluding hydrogens is 268 g/mol. The van der Waals surface area contributed by atoms with Crippen LogP contribution in [0.25, 0.3) is 0 Å². The summed E-state index contributed by atoms with van der Waals surface area (Å²) in [5.74, 6) is -3.12. The van der Waals surface area contributed by atoms with E-state index in [1.165, 1.54) is 6.07 Å². The molecule has 1 aromatic rings. The molecule has 0 spiro atoms. The van der Waals surface area contributed by atoms with Crippen molar-refractivity contribution in [2.45, 2.75) is 13.3 Å². The van der Waals surface area contributed by atoms with E-state index in [1.807, 2.05) is 0 Å². The van der Waals surface area contributed by atoms with Gasteiger partial charge in [0.25, 0.3) is 17.4 Å². The minimum atomic E-state index is -1.15. The van der Waals surface area contributed by atoms with Gasteiger partial charge < -0.3 is 10.4 Å². The number of aliphatic carboxylic acids is 1. The van der Waals surface area contributed by atoms with E-state index in [-0.39, 0.29) is 17.7 Å². The van der Waals surface area contributed by atoms with E-state index in [4.69, 9.17) is 5.11 Å². The van der Waals surface area contributed by atoms with Crippen molar-refractivity contribution in [2.24, 2.45) is 0 Å². The first kappa shape index (κ1) is 15.3. The highest BCUT2D eigenvalue weighted by atomic mass is 16.6. The Morgan fingerprint density at radius 2 is 2.00 bits per heavy atom. The topological polar surface area (TPSA) is 127 Å². The first-order valence-corrected chi connectivity index (χ1v) is 5.68. The quantitative estimate of drug-likeness (QED) is 0.339. The Kier molecular flexibility index (Phi) is 4.90. The zero-order valence-electron chi connectivity index (χ0n) is 10.6. The van der Waals surface area contributed by atoms with Gasteiger partial charge in [-0.15, -0.1) is 0 Å². The molecule has 0 heterocycles. The summed E-state index contributed by atoms with van der Waals surface area (Å²) in [6.45, 7) is 1.82. The van der Waals surface area contributed by atoms with Gasteiger partial charge in [-0.3, -0.25) is 24.5 Å². The number of amides is 1. The number of hydrogen-bond donors (Lipinski definition) is 2. The third kappa shape index (κ3) is 3.61. The molecule has 0 aliphatic rings. The number of rotatable bonds is 6. The minimum Gasteiger partial charge on any atom is -0.481 e. The highest BCUT2D eigenvalue weighted by Crippen LogP contribution is 2.21. The molecule has 1 rings (SSSR count). The number of benzene rings is 1. The van der Waals surface area contributed by atoms with Crippen molar-refractivity contribution in [3.8, 4) is 0 Å². The molecule has 2 N–H and O–H groups in total. The maximum absolute atomic E-state index is 11.8. The van der Waals surface area contributed by atoms with Crippen LogP contribution in [0.5, 0.6) is 0 Å². The number of carboxylic acid groups (broad SMARTS) is 1. The Balaban J connectivity index is 3.20. The molecule has 0 saturated heterocycles. The van der Waals surface area contributed by atoms with E-state index in [0.717, 1.165) is 12.1 Å². The van der Waals surface area contributed by atoms with E-state index in [9.17, 15) is 24.5 Å². The Morgan fingerprint density at radius 1 is 1.35 bits per heavy atom. The van der Waals surface area contributed by atoms with Crippen LogP contribution in [0.1, 0.15) is 22.8 Å². The standard InChI is InChI=1S/C12H12N2O6/c1-2-13-12(18)11(17)8-4-3-7(6-10(15)16)5-9(8)14(19)20/h3-5H,2,6H2,1H3,(H,13,18)(H,15,16). The highest BCUT2D eigenvalue weighted by Gasteiger charge is 2.25. The van der Waals surface area contributed by atoms with Crippen LogP contribution >= 0.6 is 0 Å². The fourth-order valence-corrected chi connectivity index (χ4v) is 1.57. The lowest BCUT2D eigenvalue weighted by Crippen LogP contribution is -2.31. The number of nitro benzene ring substituents is 1. The number of carbonyl (C=O) groups excluding carboxylic acids is 2. The SMILES string of the molecule is CCNC(=O)C(=O)c1ccc(CC(=O)O)cc1[N+](=O)[O-]. The molecule has 0 saturated carbocycles. The van der Waals surface area contributed by atoms with E-state index in [1.54, 1.807) is 6.92 Å². The summed E-state index contributed by atoms with van der Waals surface area (Å²) in [6, 6.07) is 3.35. The molecule has 0 aliphatic heterocycles. The van der Waals surface area contributed by atoms with Crippen LogP contribution in [0.3, 0.4) is 0 Å². The van der Waals surface area contributed by atoms with Crippen LogP contribution < -0.4 is 5.32 Å². The Labute approximate surface area is 113 Å². The highest BCUT2D eigenvalue weighted by molar-refractivity contribution is 6.43. The van der Waals surface area contributed by atoms with E-state index in [0.29, 0.717) is 0 Å². The van der Waals surface area contributed by atoms with Gasteiger partial charge in [0.05, 0.1) is 11.3 Å². The minimum absolute atomic E-state index is 0.177. The van der Waals surface area contributed by atoms with Crippen molar-refractivity contribution < 1.29 is 24.4 Å². The van der Waals surface area contributed by atoms with Crippen LogP contribution in [0.4, 0.5) is 5.69 Å². The van der Waals surface area contributed by atoms with Crippen LogP contribution in [0.2, 0.25) is 0 Å². The third-order valence-corrected chi connectivity index (χ3v) is 2.40. The Hall–Kier alpha value is -2.77. The normalized spacial score (nSPS) is 9.85. The molecule has 0 fully saturated rings. The predicted octanol–water partition coefficient (Wildman–Crippen LogP) is 0.541. The van der Waals surface area contributed by atoms with Crippen molar-refractivity contribution in [1.82, 2.24) is 5.32 Å². The summed E-state index contributed by atoms with van der Waals surface area (Å²) in [5, 5.41) is 21.8. The fourth-order valence-electron chi connectivity index (χ4n) is 1.57. The number of nitro groups is 1. The molecule has 0 unspecified atom stereocenters. The van der Waals surface area contributed by atoms with Gasteiger partial charge in [-0.05, 0) is 18.6 Å². The van der Waals surface area contributed by atoms with Crippen molar-refractivity contribution in [3.05, 3.63) is 39.4 Å². The van der Waals surface area contributed by atoms with Crippen molar-refractivity contribution in [2.75, 3.05) is 6.54 Å². The smallest absolute Gasteiger partial charge is 0.307 e. The average molecular weight is 280 g/mol. The number of hydrogen-bond acceptors (Lipinski definition) is 5. The second-order valence-electron chi connectivity index (χ2n) is 3.87. The molecule has 8 heteroatoms. The molecule has 20 heavy (non-hydrogen) atoms. The van der Waals surface area contributed by atoms with Crippen molar-refractivity contribution in [1.29, 1.82) is 0 Å². The molecular formula is C12H12N2O6. The molecule has 0 aromatic heterocycles. The lowest BCUT2D eigenvalue weighted by molar-refractivity contribution is -0.385. The largest absolute Gasteiger partial charge is 0.481 e. The van der Waals surface area contributed by atoms with E-state index >= 15 is 0 Å². The van der Waals surface area contributed by atoms with Crippen LogP contribution in [0, 0.1) is 10.1 Å². The summed E-state index contributed by atoms with van der Waals surface area (Å²) in [4.78, 5) is 43.8. The lowest BCUT2D eigenvalue weighted by Gasteiger charge is -2.04. The molecule has 0 bridgehead atoms. The van der Waals surface area contributed by atoms with Crippen LogP contribution in [0.15, 0.2) is 18.2 Å². The van der Waals surface area contributed by atoms with Gasteiger partial charge in [0.2, 0.25) is 0 Å². The van der Waals surface area contributed by atoms with Crippen LogP contribution in [-0.2, 0) is 16.0 Å². The zero-order chi connectivity index (χ0) is 15.3. The third-order valence-electron chi connectivity index (χ3n) is 2.40. The summed E-state index contributed by atoms with van der Waals surface area (Å²) in [6.07, 6.45) is -0.406. The number of nitrogens with zero attached hydrogens (tertiary/aromatic N) is 1. The summed E-state index contributed by atoms with van der Waals surface area (Å²) < 4.78 is 0. The zero-order valence-corrected chi connectivity index (χ0v) is 10.6. The first-order chi connectivity index (χ1) is 9.36. The van der Waals surface area contributed by atoms with Gasteiger partial charge >= 0.3 is 5.97 Å². The molecule has 1 aromatic carbocycles. The molecule has 8 nitrogen and oxygen atoms in total. The van der Waals surface area contributed by atoms with E-state index < -0.39 is 34.7 Å². The summed E-state index contributed by atoms with van der Waals surface area (Å²) in [5.41, 5.74) is -0.772. The second kappa shape index (κ2) is 6.41. The molecule has 0 atom stereocenters. The average Bonchev–Trinajstić information content (AvgIpc) is 2.37. The predicted molar refractivity (Wildman–Crippen MR) is 67.5 cm³/mol.